The Kier molecular flexibility index (Phi) is 8.09. The van der Waals surface area contributed by atoms with E-state index in [0.717, 1.165) is 14.7 Å². The van der Waals surface area contributed by atoms with E-state index in [1.54, 1.807) is 0 Å². The van der Waals surface area contributed by atoms with Crippen LogP contribution in [0.5, 0.6) is 0 Å². The van der Waals surface area contributed by atoms with Gasteiger partial charge < -0.3 is 0 Å². The van der Waals surface area contributed by atoms with Crippen LogP contribution in [-0.2, 0) is 12.3 Å². The highest BCUT2D eigenvalue weighted by molar-refractivity contribution is 7.58. The van der Waals surface area contributed by atoms with Gasteiger partial charge in [0.2, 0.25) is 0 Å². The lowest BCUT2D eigenvalue weighted by Gasteiger charge is -2.28. The lowest BCUT2D eigenvalue weighted by Crippen LogP contribution is -2.07. The van der Waals surface area contributed by atoms with E-state index in [4.69, 9.17) is 0 Å². The Bertz CT molecular complexity index is 1520. The zero-order chi connectivity index (χ0) is 25.9. The van der Waals surface area contributed by atoms with Crippen LogP contribution in [0.3, 0.4) is 0 Å². The van der Waals surface area contributed by atoms with Gasteiger partial charge in [0.15, 0.2) is 0 Å². The van der Waals surface area contributed by atoms with Crippen LogP contribution in [0.15, 0.2) is 97.1 Å². The molecule has 0 amide bonds. The summed E-state index contributed by atoms with van der Waals surface area (Å²) in [7, 11) is 0.643. The molecule has 0 heterocycles. The Hall–Kier alpha value is -2.52. The number of benzene rings is 5. The van der Waals surface area contributed by atoms with E-state index in [1.165, 1.54) is 60.8 Å². The molecule has 0 nitrogen and oxygen atoms in total. The topological polar surface area (TPSA) is 0 Å². The first kappa shape index (κ1) is 26.1. The predicted octanol–water partition coefficient (Wildman–Crippen LogP) is 10.3. The summed E-state index contributed by atoms with van der Waals surface area (Å²) < 4.78 is 0. The minimum atomic E-state index is -0.116. The molecule has 188 valence electrons. The van der Waals surface area contributed by atoms with Gasteiger partial charge in [-0.25, -0.2) is 0 Å². The van der Waals surface area contributed by atoms with Crippen molar-refractivity contribution in [3.8, 4) is 11.1 Å². The molecule has 0 spiro atoms. The summed E-state index contributed by atoms with van der Waals surface area (Å²) in [4.78, 5) is 0. The van der Waals surface area contributed by atoms with Crippen LogP contribution in [-0.4, -0.2) is 11.3 Å². The first-order valence-corrected chi connectivity index (χ1v) is 16.4. The first-order chi connectivity index (χ1) is 17.9. The molecule has 0 bridgehead atoms. The van der Waals surface area contributed by atoms with Crippen molar-refractivity contribution in [1.82, 2.24) is 0 Å². The summed E-state index contributed by atoms with van der Waals surface area (Å²) in [6.07, 6.45) is 2.24. The molecule has 5 aromatic carbocycles. The summed E-state index contributed by atoms with van der Waals surface area (Å²) in [6.45, 7) is 11.9. The molecule has 0 N–H and O–H groups in total. The maximum Gasteiger partial charge on any atom is -0.00537 e. The lowest BCUT2D eigenvalue weighted by molar-refractivity contribution is 0.996. The second-order valence-electron chi connectivity index (χ2n) is 10.7. The van der Waals surface area contributed by atoms with E-state index >= 15 is 0 Å². The minimum absolute atomic E-state index is 0.116. The standard InChI is InChI=1S/C35H38P2/c1-24(2)37(25(3)4)23-30-21-19-28-14-8-10-16-32(28)35(30)34-29(20-18-27-13-7-9-15-31(27)34)22-36-33-17-11-6-12-26(33)5/h6-21,24-25,36H,22-23H2,1-5H3. The molecule has 0 radical (unpaired) electrons. The zero-order valence-corrected chi connectivity index (χ0v) is 24.6. The van der Waals surface area contributed by atoms with Crippen LogP contribution in [0.25, 0.3) is 32.7 Å². The molecule has 0 saturated carbocycles. The van der Waals surface area contributed by atoms with Gasteiger partial charge in [0, 0.05) is 0 Å². The summed E-state index contributed by atoms with van der Waals surface area (Å²) in [5.41, 5.74) is 8.73. The average Bonchev–Trinajstić information content (AvgIpc) is 2.90. The molecule has 0 aliphatic heterocycles. The summed E-state index contributed by atoms with van der Waals surface area (Å²) in [5.74, 6) is 0. The van der Waals surface area contributed by atoms with Crippen molar-refractivity contribution in [3.05, 3.63) is 114 Å². The van der Waals surface area contributed by atoms with Gasteiger partial charge in [-0.15, -0.1) is 0 Å². The third-order valence-corrected chi connectivity index (χ3v) is 12.4. The van der Waals surface area contributed by atoms with Crippen LogP contribution >= 0.6 is 16.5 Å². The molecular weight excluding hydrogens is 482 g/mol. The fourth-order valence-electron chi connectivity index (χ4n) is 5.62. The summed E-state index contributed by atoms with van der Waals surface area (Å²) in [5, 5.41) is 6.90. The zero-order valence-electron chi connectivity index (χ0n) is 22.8. The molecular formula is C35H38P2. The molecule has 1 atom stereocenters. The van der Waals surface area contributed by atoms with Crippen LogP contribution in [0.2, 0.25) is 0 Å². The van der Waals surface area contributed by atoms with Crippen LogP contribution < -0.4 is 5.30 Å². The van der Waals surface area contributed by atoms with E-state index in [0.29, 0.717) is 11.3 Å². The van der Waals surface area contributed by atoms with Gasteiger partial charge in [-0.1, -0.05) is 141 Å². The van der Waals surface area contributed by atoms with Gasteiger partial charge in [0.25, 0.3) is 0 Å². The number of hydrogen-bond acceptors (Lipinski definition) is 0. The third kappa shape index (κ3) is 5.53. The van der Waals surface area contributed by atoms with Gasteiger partial charge in [-0.3, -0.25) is 0 Å². The van der Waals surface area contributed by atoms with E-state index in [2.05, 4.69) is 132 Å². The fraction of sp³-hybridized carbons (Fsp3) is 0.257. The molecule has 1 unspecified atom stereocenters. The van der Waals surface area contributed by atoms with E-state index in [1.807, 2.05) is 0 Å². The maximum atomic E-state index is 2.44. The number of hydrogen-bond donors (Lipinski definition) is 0. The maximum absolute atomic E-state index is 2.44. The highest BCUT2D eigenvalue weighted by Gasteiger charge is 2.22. The Morgan fingerprint density at radius 2 is 1.11 bits per heavy atom. The highest BCUT2D eigenvalue weighted by atomic mass is 31.1. The Balaban J connectivity index is 1.74. The van der Waals surface area contributed by atoms with Crippen molar-refractivity contribution in [2.45, 2.75) is 58.3 Å². The van der Waals surface area contributed by atoms with Gasteiger partial charge in [-0.05, 0) is 85.2 Å². The van der Waals surface area contributed by atoms with Crippen LogP contribution in [0, 0.1) is 6.92 Å². The van der Waals surface area contributed by atoms with Crippen molar-refractivity contribution in [2.75, 3.05) is 0 Å². The smallest absolute Gasteiger partial charge is 0.00537 e. The molecule has 2 heteroatoms. The Morgan fingerprint density at radius 3 is 1.70 bits per heavy atom. The second-order valence-corrected chi connectivity index (χ2v) is 15.3. The lowest BCUT2D eigenvalue weighted by atomic mass is 9.88. The van der Waals surface area contributed by atoms with Gasteiger partial charge in [0.05, 0.1) is 0 Å². The van der Waals surface area contributed by atoms with Gasteiger partial charge in [-0.2, -0.15) is 0 Å². The quantitative estimate of drug-likeness (QED) is 0.179. The van der Waals surface area contributed by atoms with Crippen molar-refractivity contribution in [3.63, 3.8) is 0 Å². The summed E-state index contributed by atoms with van der Waals surface area (Å²) in [6, 6.07) is 36.4. The first-order valence-electron chi connectivity index (χ1n) is 13.5. The highest BCUT2D eigenvalue weighted by Crippen LogP contribution is 2.52. The predicted molar refractivity (Wildman–Crippen MR) is 171 cm³/mol. The molecule has 0 saturated heterocycles. The normalized spacial score (nSPS) is 12.2. The molecule has 0 aliphatic rings. The van der Waals surface area contributed by atoms with Gasteiger partial charge >= 0.3 is 0 Å². The van der Waals surface area contributed by atoms with E-state index in [9.17, 15) is 0 Å². The van der Waals surface area contributed by atoms with Crippen molar-refractivity contribution < 1.29 is 0 Å². The fourth-order valence-corrected chi connectivity index (χ4v) is 9.45. The minimum Gasteiger partial charge on any atom is -0.0969 e. The number of fused-ring (bicyclic) bond motifs is 2. The largest absolute Gasteiger partial charge is 0.0969 e. The molecule has 37 heavy (non-hydrogen) atoms. The SMILES string of the molecule is Cc1ccccc1PCc1ccc2ccccc2c1-c1c(CP(C(C)C)C(C)C)ccc2ccccc12. The Morgan fingerprint density at radius 1 is 0.595 bits per heavy atom. The number of aryl methyl sites for hydroxylation is 1. The second kappa shape index (κ2) is 11.5. The number of rotatable bonds is 8. The van der Waals surface area contributed by atoms with Gasteiger partial charge in [0.1, 0.15) is 0 Å². The Labute approximate surface area is 226 Å². The van der Waals surface area contributed by atoms with E-state index < -0.39 is 0 Å². The van der Waals surface area contributed by atoms with Crippen molar-refractivity contribution >= 4 is 43.4 Å². The van der Waals surface area contributed by atoms with Crippen LogP contribution in [0.1, 0.15) is 44.4 Å². The average molecular weight is 521 g/mol. The van der Waals surface area contributed by atoms with Crippen molar-refractivity contribution in [2.24, 2.45) is 0 Å². The van der Waals surface area contributed by atoms with Crippen LogP contribution in [0.4, 0.5) is 0 Å². The molecule has 0 aromatic heterocycles. The summed E-state index contributed by atoms with van der Waals surface area (Å²) >= 11 is 0. The van der Waals surface area contributed by atoms with E-state index in [-0.39, 0.29) is 7.92 Å². The molecule has 5 aromatic rings. The third-order valence-electron chi connectivity index (χ3n) is 7.57. The molecule has 0 fully saturated rings. The monoisotopic (exact) mass is 520 g/mol. The molecule has 0 aliphatic carbocycles. The van der Waals surface area contributed by atoms with Crippen molar-refractivity contribution in [1.29, 1.82) is 0 Å². The molecule has 5 rings (SSSR count).